The maximum absolute atomic E-state index is 14.0. The zero-order chi connectivity index (χ0) is 25.1. The number of unbranched alkanes of at least 4 members (excludes halogenated alkanes) is 3. The van der Waals surface area contributed by atoms with E-state index in [9.17, 15) is 61.5 Å². The number of rotatable bonds is 13. The first-order chi connectivity index (χ1) is 13.6. The van der Waals surface area contributed by atoms with Gasteiger partial charge in [-0.25, -0.2) is 8.42 Å². The molecule has 0 bridgehead atoms. The standard InChI is InChI=1S/C13H20F9NO6S2/c1-2-3-4-5-6-23(7-9(24)8-30(25,26)27)31(28,29)13(21,22)11(16,17)10(14,15)12(18,19)20/h9,24H,2-8H2,1H3,(H,25,26,27). The molecule has 0 aliphatic carbocycles. The van der Waals surface area contributed by atoms with Crippen LogP contribution in [-0.2, 0) is 20.1 Å². The summed E-state index contributed by atoms with van der Waals surface area (Å²) in [6.45, 7) is -1.20. The summed E-state index contributed by atoms with van der Waals surface area (Å²) in [5.74, 6) is -16.6. The van der Waals surface area contributed by atoms with Gasteiger partial charge >= 0.3 is 23.3 Å². The van der Waals surface area contributed by atoms with Crippen LogP contribution >= 0.6 is 0 Å². The average molecular weight is 521 g/mol. The van der Waals surface area contributed by atoms with Crippen molar-refractivity contribution in [3.05, 3.63) is 0 Å². The lowest BCUT2D eigenvalue weighted by Gasteiger charge is -2.36. The van der Waals surface area contributed by atoms with E-state index in [2.05, 4.69) is 0 Å². The highest BCUT2D eigenvalue weighted by Gasteiger charge is 2.85. The Labute approximate surface area is 172 Å². The van der Waals surface area contributed by atoms with Gasteiger partial charge in [-0.1, -0.05) is 26.2 Å². The van der Waals surface area contributed by atoms with Crippen LogP contribution in [-0.4, -0.2) is 79.0 Å². The molecule has 0 radical (unpaired) electrons. The van der Waals surface area contributed by atoms with E-state index in [1.807, 2.05) is 0 Å². The predicted molar refractivity (Wildman–Crippen MR) is 88.0 cm³/mol. The van der Waals surface area contributed by atoms with Gasteiger partial charge in [0.1, 0.15) is 5.75 Å². The fourth-order valence-electron chi connectivity index (χ4n) is 2.24. The smallest absolute Gasteiger partial charge is 0.391 e. The predicted octanol–water partition coefficient (Wildman–Crippen LogP) is 2.87. The van der Waals surface area contributed by atoms with Crippen LogP contribution in [0.15, 0.2) is 0 Å². The third-order valence-electron chi connectivity index (χ3n) is 3.86. The summed E-state index contributed by atoms with van der Waals surface area (Å²) < 4.78 is 171. The Morgan fingerprint density at radius 1 is 0.839 bits per heavy atom. The number of sulfonamides is 1. The molecule has 0 rings (SSSR count). The van der Waals surface area contributed by atoms with Crippen LogP contribution in [0.5, 0.6) is 0 Å². The van der Waals surface area contributed by atoms with Gasteiger partial charge in [0.15, 0.2) is 0 Å². The summed E-state index contributed by atoms with van der Waals surface area (Å²) >= 11 is 0. The van der Waals surface area contributed by atoms with Crippen molar-refractivity contribution in [2.24, 2.45) is 0 Å². The summed E-state index contributed by atoms with van der Waals surface area (Å²) in [7, 11) is -12.0. The fraction of sp³-hybridized carbons (Fsp3) is 1.00. The minimum atomic E-state index is -7.47. The van der Waals surface area contributed by atoms with Crippen LogP contribution in [0.25, 0.3) is 0 Å². The quantitative estimate of drug-likeness (QED) is 0.219. The number of halogens is 9. The first-order valence-electron chi connectivity index (χ1n) is 8.39. The van der Waals surface area contributed by atoms with E-state index in [-0.39, 0.29) is 12.8 Å². The average Bonchev–Trinajstić information content (AvgIpc) is 2.54. The topological polar surface area (TPSA) is 112 Å². The van der Waals surface area contributed by atoms with Crippen LogP contribution in [0.1, 0.15) is 32.6 Å². The third kappa shape index (κ3) is 6.82. The molecule has 18 heteroatoms. The number of hydrogen-bond acceptors (Lipinski definition) is 5. The molecule has 1 unspecified atom stereocenters. The fourth-order valence-corrected chi connectivity index (χ4v) is 4.35. The Kier molecular flexibility index (Phi) is 9.69. The molecule has 0 fully saturated rings. The molecule has 0 saturated heterocycles. The SMILES string of the molecule is CCCCCCN(CC(O)CS(=O)(=O)O)S(=O)(=O)C(F)(F)C(F)(F)C(F)(F)C(F)(F)F. The van der Waals surface area contributed by atoms with Crippen molar-refractivity contribution in [3.8, 4) is 0 Å². The Balaban J connectivity index is 6.20. The second-order valence-corrected chi connectivity index (χ2v) is 9.97. The molecule has 31 heavy (non-hydrogen) atoms. The molecule has 0 aromatic heterocycles. The molecule has 0 aromatic carbocycles. The first kappa shape index (κ1) is 30.1. The van der Waals surface area contributed by atoms with Crippen molar-refractivity contribution in [1.29, 1.82) is 0 Å². The Morgan fingerprint density at radius 3 is 1.71 bits per heavy atom. The highest BCUT2D eigenvalue weighted by atomic mass is 32.2. The molecule has 0 aromatic rings. The van der Waals surface area contributed by atoms with Gasteiger partial charge in [-0.05, 0) is 6.42 Å². The van der Waals surface area contributed by atoms with Gasteiger partial charge in [0.2, 0.25) is 0 Å². The van der Waals surface area contributed by atoms with Gasteiger partial charge in [-0.2, -0.15) is 52.2 Å². The van der Waals surface area contributed by atoms with Crippen LogP contribution in [0.2, 0.25) is 0 Å². The van der Waals surface area contributed by atoms with E-state index >= 15 is 0 Å². The van der Waals surface area contributed by atoms with Crippen molar-refractivity contribution in [2.45, 2.75) is 62.0 Å². The summed E-state index contributed by atoms with van der Waals surface area (Å²) in [5, 5.41) is 2.46. The summed E-state index contributed by atoms with van der Waals surface area (Å²) in [5.41, 5.74) is 0. The first-order valence-corrected chi connectivity index (χ1v) is 11.4. The second-order valence-electron chi connectivity index (χ2n) is 6.49. The van der Waals surface area contributed by atoms with Crippen molar-refractivity contribution in [1.82, 2.24) is 4.31 Å². The van der Waals surface area contributed by atoms with E-state index < -0.39 is 72.7 Å². The maximum atomic E-state index is 14.0. The lowest BCUT2D eigenvalue weighted by molar-refractivity contribution is -0.382. The monoisotopic (exact) mass is 521 g/mol. The highest BCUT2D eigenvalue weighted by molar-refractivity contribution is 7.90. The lowest BCUT2D eigenvalue weighted by Crippen LogP contribution is -2.65. The lowest BCUT2D eigenvalue weighted by atomic mass is 10.1. The number of hydrogen-bond donors (Lipinski definition) is 2. The zero-order valence-electron chi connectivity index (χ0n) is 15.7. The molecule has 0 spiro atoms. The van der Waals surface area contributed by atoms with Gasteiger partial charge in [0.25, 0.3) is 20.1 Å². The molecule has 7 nitrogen and oxygen atoms in total. The second kappa shape index (κ2) is 9.96. The summed E-state index contributed by atoms with van der Waals surface area (Å²) in [6, 6.07) is 0. The minimum Gasteiger partial charge on any atom is -0.391 e. The molecule has 0 aliphatic rings. The number of alkyl halides is 9. The molecule has 0 amide bonds. The molecule has 0 heterocycles. The zero-order valence-corrected chi connectivity index (χ0v) is 17.4. The normalized spacial score (nSPS) is 16.0. The van der Waals surface area contributed by atoms with Crippen molar-refractivity contribution >= 4 is 20.1 Å². The van der Waals surface area contributed by atoms with E-state index in [0.717, 1.165) is 0 Å². The largest absolute Gasteiger partial charge is 0.460 e. The Bertz CT molecular complexity index is 799. The molecule has 188 valence electrons. The van der Waals surface area contributed by atoms with Crippen molar-refractivity contribution in [2.75, 3.05) is 18.8 Å². The van der Waals surface area contributed by atoms with Crippen molar-refractivity contribution < 1.29 is 66.0 Å². The van der Waals surface area contributed by atoms with E-state index in [1.165, 1.54) is 0 Å². The van der Waals surface area contributed by atoms with Crippen LogP contribution in [0.3, 0.4) is 0 Å². The van der Waals surface area contributed by atoms with Crippen LogP contribution < -0.4 is 0 Å². The third-order valence-corrected chi connectivity index (χ3v) is 6.58. The summed E-state index contributed by atoms with van der Waals surface area (Å²) in [4.78, 5) is 0. The Hall–Kier alpha value is -0.850. The number of aliphatic hydroxyl groups excluding tert-OH is 1. The highest BCUT2D eigenvalue weighted by Crippen LogP contribution is 2.55. The summed E-state index contributed by atoms with van der Waals surface area (Å²) in [6.07, 6.45) is -9.17. The molecule has 0 aliphatic heterocycles. The van der Waals surface area contributed by atoms with Crippen LogP contribution in [0, 0.1) is 0 Å². The molecular formula is C13H20F9NO6S2. The minimum absolute atomic E-state index is 0.0809. The van der Waals surface area contributed by atoms with Crippen molar-refractivity contribution in [3.63, 3.8) is 0 Å². The molecule has 0 saturated carbocycles. The van der Waals surface area contributed by atoms with Gasteiger partial charge in [-0.3, -0.25) is 4.55 Å². The van der Waals surface area contributed by atoms with E-state index in [0.29, 0.717) is 12.8 Å². The maximum Gasteiger partial charge on any atom is 0.460 e. The van der Waals surface area contributed by atoms with Gasteiger partial charge in [-0.15, -0.1) is 0 Å². The number of aliphatic hydroxyl groups is 1. The molecule has 2 N–H and O–H groups in total. The Morgan fingerprint density at radius 2 is 1.32 bits per heavy atom. The number of nitrogens with zero attached hydrogens (tertiary/aromatic N) is 1. The van der Waals surface area contributed by atoms with E-state index in [1.54, 1.807) is 6.92 Å². The van der Waals surface area contributed by atoms with Gasteiger partial charge in [0, 0.05) is 13.1 Å². The van der Waals surface area contributed by atoms with Crippen LogP contribution in [0.4, 0.5) is 39.5 Å². The van der Waals surface area contributed by atoms with Gasteiger partial charge < -0.3 is 5.11 Å². The molecular weight excluding hydrogens is 501 g/mol. The molecule has 1 atom stereocenters. The van der Waals surface area contributed by atoms with Gasteiger partial charge in [0.05, 0.1) is 6.10 Å². The van der Waals surface area contributed by atoms with E-state index in [4.69, 9.17) is 4.55 Å².